The van der Waals surface area contributed by atoms with Crippen LogP contribution in [0.2, 0.25) is 0 Å². The van der Waals surface area contributed by atoms with Crippen molar-refractivity contribution in [1.29, 1.82) is 0 Å². The van der Waals surface area contributed by atoms with Crippen LogP contribution in [-0.2, 0) is 11.2 Å². The number of H-pyrrole nitrogens is 1. The Morgan fingerprint density at radius 1 is 1.26 bits per heavy atom. The van der Waals surface area contributed by atoms with Gasteiger partial charge in [0.05, 0.1) is 0 Å². The van der Waals surface area contributed by atoms with Crippen LogP contribution in [0.1, 0.15) is 31.2 Å². The number of nitrogens with one attached hydrogen (secondary N) is 1. The molecule has 23 heavy (non-hydrogen) atoms. The summed E-state index contributed by atoms with van der Waals surface area (Å²) < 4.78 is 5.48. The summed E-state index contributed by atoms with van der Waals surface area (Å²) in [5, 5.41) is 2.13. The van der Waals surface area contributed by atoms with Crippen molar-refractivity contribution < 1.29 is 4.74 Å². The first-order chi connectivity index (χ1) is 11.3. The van der Waals surface area contributed by atoms with E-state index in [-0.39, 0.29) is 0 Å². The Balaban J connectivity index is 1.53. The third-order valence-electron chi connectivity index (χ3n) is 5.34. The second-order valence-corrected chi connectivity index (χ2v) is 8.31. The number of benzene rings is 1. The second-order valence-electron chi connectivity index (χ2n) is 6.93. The van der Waals surface area contributed by atoms with Gasteiger partial charge in [0.25, 0.3) is 0 Å². The summed E-state index contributed by atoms with van der Waals surface area (Å²) in [7, 11) is 2.26. The molecule has 2 aliphatic heterocycles. The number of hydrogen-bond acceptors (Lipinski definition) is 3. The van der Waals surface area contributed by atoms with E-state index in [9.17, 15) is 0 Å². The number of hydrogen-bond donors (Lipinski definition) is 1. The highest BCUT2D eigenvalue weighted by atomic mass is 32.2. The van der Waals surface area contributed by atoms with E-state index in [1.807, 2.05) is 11.8 Å². The molecular formula is C19H26N2OS. The standard InChI is InChI=1S/C19H26N2OS/c1-21-8-2-3-15(21)11-14-13-20-19-5-4-17(12-18(14)19)23-16-6-9-22-10-7-16/h4-5,12-13,15-16,20H,2-3,6-11H2,1H3/t15-/m1/s1. The number of thioether (sulfide) groups is 1. The Morgan fingerprint density at radius 2 is 2.13 bits per heavy atom. The van der Waals surface area contributed by atoms with Crippen LogP contribution in [0.4, 0.5) is 0 Å². The fraction of sp³-hybridized carbons (Fsp3) is 0.579. The van der Waals surface area contributed by atoms with Crippen molar-refractivity contribution in [3.8, 4) is 0 Å². The molecule has 0 radical (unpaired) electrons. The maximum Gasteiger partial charge on any atom is 0.0476 e. The van der Waals surface area contributed by atoms with Gasteiger partial charge in [0.1, 0.15) is 0 Å². The Labute approximate surface area is 142 Å². The third-order valence-corrected chi connectivity index (χ3v) is 6.67. The van der Waals surface area contributed by atoms with E-state index in [0.717, 1.165) is 13.2 Å². The Morgan fingerprint density at radius 3 is 2.91 bits per heavy atom. The van der Waals surface area contributed by atoms with Gasteiger partial charge in [0.2, 0.25) is 0 Å². The number of aromatic nitrogens is 1. The lowest BCUT2D eigenvalue weighted by molar-refractivity contribution is 0.100. The molecule has 0 aliphatic carbocycles. The van der Waals surface area contributed by atoms with Crippen LogP contribution in [0.25, 0.3) is 10.9 Å². The smallest absolute Gasteiger partial charge is 0.0476 e. The molecule has 0 saturated carbocycles. The summed E-state index contributed by atoms with van der Waals surface area (Å²) in [5.41, 5.74) is 2.75. The van der Waals surface area contributed by atoms with Crippen LogP contribution < -0.4 is 0 Å². The maximum absolute atomic E-state index is 5.48. The molecule has 0 amide bonds. The van der Waals surface area contributed by atoms with Gasteiger partial charge in [0.15, 0.2) is 0 Å². The first-order valence-corrected chi connectivity index (χ1v) is 9.72. The first-order valence-electron chi connectivity index (χ1n) is 8.84. The number of likely N-dealkylation sites (tertiary alicyclic amines) is 1. The summed E-state index contributed by atoms with van der Waals surface area (Å²) in [5.74, 6) is 0. The molecular weight excluding hydrogens is 304 g/mol. The predicted molar refractivity (Wildman–Crippen MR) is 97.4 cm³/mol. The average Bonchev–Trinajstić information content (AvgIpc) is 3.16. The Hall–Kier alpha value is -0.970. The summed E-state index contributed by atoms with van der Waals surface area (Å²) in [4.78, 5) is 7.38. The van der Waals surface area contributed by atoms with Crippen LogP contribution >= 0.6 is 11.8 Å². The zero-order chi connectivity index (χ0) is 15.6. The van der Waals surface area contributed by atoms with Crippen molar-refractivity contribution in [1.82, 2.24) is 9.88 Å². The zero-order valence-corrected chi connectivity index (χ0v) is 14.7. The quantitative estimate of drug-likeness (QED) is 0.916. The van der Waals surface area contributed by atoms with Crippen molar-refractivity contribution >= 4 is 22.7 Å². The van der Waals surface area contributed by atoms with Crippen LogP contribution in [-0.4, -0.2) is 48.0 Å². The van der Waals surface area contributed by atoms with Gasteiger partial charge >= 0.3 is 0 Å². The van der Waals surface area contributed by atoms with Crippen molar-refractivity contribution in [3.05, 3.63) is 30.0 Å². The molecule has 3 nitrogen and oxygen atoms in total. The molecule has 2 aliphatic rings. The monoisotopic (exact) mass is 330 g/mol. The summed E-state index contributed by atoms with van der Waals surface area (Å²) >= 11 is 2.03. The maximum atomic E-state index is 5.48. The highest BCUT2D eigenvalue weighted by Crippen LogP contribution is 2.33. The first kappa shape index (κ1) is 15.6. The van der Waals surface area contributed by atoms with Gasteiger partial charge in [-0.1, -0.05) is 0 Å². The normalized spacial score (nSPS) is 23.8. The van der Waals surface area contributed by atoms with Gasteiger partial charge in [-0.05, 0) is 69.5 Å². The highest BCUT2D eigenvalue weighted by Gasteiger charge is 2.22. The van der Waals surface area contributed by atoms with Crippen LogP contribution in [0, 0.1) is 0 Å². The minimum atomic E-state index is 0.709. The minimum Gasteiger partial charge on any atom is -0.381 e. The summed E-state index contributed by atoms with van der Waals surface area (Å²) in [6.45, 7) is 3.09. The van der Waals surface area contributed by atoms with E-state index in [1.54, 1.807) is 0 Å². The molecule has 1 N–H and O–H groups in total. The van der Waals surface area contributed by atoms with Crippen LogP contribution in [0.15, 0.2) is 29.3 Å². The molecule has 0 spiro atoms. The molecule has 0 unspecified atom stereocenters. The van der Waals surface area contributed by atoms with E-state index >= 15 is 0 Å². The van der Waals surface area contributed by atoms with E-state index < -0.39 is 0 Å². The molecule has 1 atom stereocenters. The van der Waals surface area contributed by atoms with E-state index in [1.165, 1.54) is 60.0 Å². The molecule has 4 heteroatoms. The number of ether oxygens (including phenoxy) is 1. The lowest BCUT2D eigenvalue weighted by Crippen LogP contribution is -2.26. The second kappa shape index (κ2) is 6.88. The molecule has 4 rings (SSSR count). The van der Waals surface area contributed by atoms with E-state index in [2.05, 4.69) is 41.3 Å². The molecule has 2 saturated heterocycles. The fourth-order valence-corrected chi connectivity index (χ4v) is 5.02. The van der Waals surface area contributed by atoms with Crippen molar-refractivity contribution in [2.75, 3.05) is 26.8 Å². The number of likely N-dealkylation sites (N-methyl/N-ethyl adjacent to an activating group) is 1. The van der Waals surface area contributed by atoms with Crippen LogP contribution in [0.3, 0.4) is 0 Å². The Kier molecular flexibility index (Phi) is 4.65. The van der Waals surface area contributed by atoms with Crippen molar-refractivity contribution in [2.24, 2.45) is 0 Å². The molecule has 1 aromatic heterocycles. The highest BCUT2D eigenvalue weighted by molar-refractivity contribution is 8.00. The molecule has 2 aromatic rings. The van der Waals surface area contributed by atoms with Crippen LogP contribution in [0.5, 0.6) is 0 Å². The topological polar surface area (TPSA) is 28.3 Å². The summed E-state index contributed by atoms with van der Waals surface area (Å²) in [6, 6.07) is 7.63. The molecule has 3 heterocycles. The number of aromatic amines is 1. The van der Waals surface area contributed by atoms with E-state index in [0.29, 0.717) is 11.3 Å². The van der Waals surface area contributed by atoms with Gasteiger partial charge in [-0.15, -0.1) is 11.8 Å². The molecule has 124 valence electrons. The van der Waals surface area contributed by atoms with Crippen molar-refractivity contribution in [2.45, 2.75) is 48.3 Å². The lowest BCUT2D eigenvalue weighted by Gasteiger charge is -2.21. The van der Waals surface area contributed by atoms with Gasteiger partial charge in [0, 0.05) is 46.5 Å². The predicted octanol–water partition coefficient (Wildman–Crippen LogP) is 4.08. The molecule has 0 bridgehead atoms. The van der Waals surface area contributed by atoms with Gasteiger partial charge in [-0.2, -0.15) is 0 Å². The van der Waals surface area contributed by atoms with E-state index in [4.69, 9.17) is 4.74 Å². The van der Waals surface area contributed by atoms with Gasteiger partial charge in [-0.25, -0.2) is 0 Å². The third kappa shape index (κ3) is 3.44. The zero-order valence-electron chi connectivity index (χ0n) is 13.9. The summed E-state index contributed by atoms with van der Waals surface area (Å²) in [6.07, 6.45) is 8.42. The number of rotatable bonds is 4. The Bertz CT molecular complexity index is 662. The number of fused-ring (bicyclic) bond motifs is 1. The molecule has 2 fully saturated rings. The lowest BCUT2D eigenvalue weighted by atomic mass is 10.0. The van der Waals surface area contributed by atoms with Crippen molar-refractivity contribution in [3.63, 3.8) is 0 Å². The van der Waals surface area contributed by atoms with Gasteiger partial charge in [-0.3, -0.25) is 0 Å². The van der Waals surface area contributed by atoms with Gasteiger partial charge < -0.3 is 14.6 Å². The molecule has 1 aromatic carbocycles. The minimum absolute atomic E-state index is 0.709. The largest absolute Gasteiger partial charge is 0.381 e. The fourth-order valence-electron chi connectivity index (χ4n) is 3.88. The average molecular weight is 330 g/mol. The number of nitrogens with zero attached hydrogens (tertiary/aromatic N) is 1. The SMILES string of the molecule is CN1CCC[C@@H]1Cc1c[nH]c2ccc(SC3CCOCC3)cc12.